The topological polar surface area (TPSA) is 110 Å². The second kappa shape index (κ2) is 7.79. The SMILES string of the molecule is O=C(COC(=O)c1ccc(-c2ccc(O)cc2)cc1)N[C@@H]1CCS(=O)(=O)C1. The number of hydrogen-bond acceptors (Lipinski definition) is 6. The Morgan fingerprint density at radius 1 is 1.04 bits per heavy atom. The molecule has 0 aliphatic carbocycles. The average molecular weight is 389 g/mol. The second-order valence-electron chi connectivity index (χ2n) is 6.37. The molecule has 3 rings (SSSR count). The second-order valence-corrected chi connectivity index (χ2v) is 8.60. The largest absolute Gasteiger partial charge is 0.508 e. The predicted octanol–water partition coefficient (Wildman–Crippen LogP) is 1.52. The summed E-state index contributed by atoms with van der Waals surface area (Å²) in [5, 5.41) is 11.9. The Morgan fingerprint density at radius 3 is 2.19 bits per heavy atom. The van der Waals surface area contributed by atoms with Gasteiger partial charge in [-0.2, -0.15) is 0 Å². The van der Waals surface area contributed by atoms with Crippen LogP contribution in [0, 0.1) is 0 Å². The van der Waals surface area contributed by atoms with E-state index in [0.29, 0.717) is 12.0 Å². The van der Waals surface area contributed by atoms with Gasteiger partial charge in [0.15, 0.2) is 16.4 Å². The lowest BCUT2D eigenvalue weighted by Gasteiger charge is -2.11. The van der Waals surface area contributed by atoms with E-state index in [0.717, 1.165) is 11.1 Å². The highest BCUT2D eigenvalue weighted by molar-refractivity contribution is 7.91. The maximum Gasteiger partial charge on any atom is 0.338 e. The molecule has 1 aliphatic heterocycles. The standard InChI is InChI=1S/C19H19NO6S/c21-17-7-5-14(6-8-17)13-1-3-15(4-2-13)19(23)26-11-18(22)20-16-9-10-27(24,25)12-16/h1-8,16,21H,9-12H2,(H,20,22)/t16-/m1/s1. The summed E-state index contributed by atoms with van der Waals surface area (Å²) in [6.07, 6.45) is 0.376. The third-order valence-electron chi connectivity index (χ3n) is 4.25. The molecule has 0 aromatic heterocycles. The average Bonchev–Trinajstić information content (AvgIpc) is 2.99. The number of hydrogen-bond donors (Lipinski definition) is 2. The number of nitrogens with one attached hydrogen (secondary N) is 1. The number of esters is 1. The van der Waals surface area contributed by atoms with Crippen molar-refractivity contribution in [2.75, 3.05) is 18.1 Å². The van der Waals surface area contributed by atoms with Crippen LogP contribution in [0.25, 0.3) is 11.1 Å². The van der Waals surface area contributed by atoms with Crippen LogP contribution in [0.15, 0.2) is 48.5 Å². The fourth-order valence-corrected chi connectivity index (χ4v) is 4.52. The van der Waals surface area contributed by atoms with Gasteiger partial charge in [-0.05, 0) is 41.8 Å². The first-order valence-electron chi connectivity index (χ1n) is 8.39. The summed E-state index contributed by atoms with van der Waals surface area (Å²) in [6, 6.07) is 12.9. The highest BCUT2D eigenvalue weighted by Crippen LogP contribution is 2.22. The summed E-state index contributed by atoms with van der Waals surface area (Å²) < 4.78 is 27.7. The van der Waals surface area contributed by atoms with Gasteiger partial charge in [-0.3, -0.25) is 4.79 Å². The van der Waals surface area contributed by atoms with Crippen LogP contribution in [0.3, 0.4) is 0 Å². The zero-order valence-electron chi connectivity index (χ0n) is 14.4. The van der Waals surface area contributed by atoms with E-state index in [-0.39, 0.29) is 17.3 Å². The molecule has 2 aromatic carbocycles. The molecule has 142 valence electrons. The van der Waals surface area contributed by atoms with E-state index >= 15 is 0 Å². The molecular weight excluding hydrogens is 370 g/mol. The molecule has 0 bridgehead atoms. The van der Waals surface area contributed by atoms with Gasteiger partial charge >= 0.3 is 5.97 Å². The fraction of sp³-hybridized carbons (Fsp3) is 0.263. The molecule has 27 heavy (non-hydrogen) atoms. The molecule has 1 atom stereocenters. The van der Waals surface area contributed by atoms with E-state index in [9.17, 15) is 23.1 Å². The van der Waals surface area contributed by atoms with Gasteiger partial charge in [0.05, 0.1) is 17.1 Å². The first-order valence-corrected chi connectivity index (χ1v) is 10.2. The number of carbonyl (C=O) groups excluding carboxylic acids is 2. The monoisotopic (exact) mass is 389 g/mol. The van der Waals surface area contributed by atoms with Crippen molar-refractivity contribution in [2.45, 2.75) is 12.5 Å². The van der Waals surface area contributed by atoms with Crippen molar-refractivity contribution in [2.24, 2.45) is 0 Å². The van der Waals surface area contributed by atoms with Crippen LogP contribution in [0.2, 0.25) is 0 Å². The Hall–Kier alpha value is -2.87. The maximum absolute atomic E-state index is 12.1. The van der Waals surface area contributed by atoms with Crippen LogP contribution in [0.5, 0.6) is 5.75 Å². The maximum atomic E-state index is 12.1. The van der Waals surface area contributed by atoms with Crippen molar-refractivity contribution in [1.29, 1.82) is 0 Å². The van der Waals surface area contributed by atoms with E-state index in [1.165, 1.54) is 0 Å². The Balaban J connectivity index is 1.52. The minimum atomic E-state index is -3.08. The zero-order chi connectivity index (χ0) is 19.4. The van der Waals surface area contributed by atoms with Crippen LogP contribution < -0.4 is 5.32 Å². The van der Waals surface area contributed by atoms with E-state index < -0.39 is 34.4 Å². The van der Waals surface area contributed by atoms with Crippen molar-refractivity contribution >= 4 is 21.7 Å². The fourth-order valence-electron chi connectivity index (χ4n) is 2.85. The van der Waals surface area contributed by atoms with Crippen molar-refractivity contribution in [3.05, 3.63) is 54.1 Å². The molecule has 0 saturated carbocycles. The number of rotatable bonds is 5. The molecule has 1 heterocycles. The molecule has 0 spiro atoms. The minimum Gasteiger partial charge on any atom is -0.508 e. The first kappa shape index (κ1) is 18.9. The molecule has 1 saturated heterocycles. The van der Waals surface area contributed by atoms with Crippen LogP contribution in [0.4, 0.5) is 0 Å². The van der Waals surface area contributed by atoms with Crippen LogP contribution >= 0.6 is 0 Å². The van der Waals surface area contributed by atoms with Gasteiger partial charge in [0, 0.05) is 6.04 Å². The number of carbonyl (C=O) groups is 2. The smallest absolute Gasteiger partial charge is 0.338 e. The van der Waals surface area contributed by atoms with E-state index in [1.54, 1.807) is 48.5 Å². The van der Waals surface area contributed by atoms with Crippen LogP contribution in [-0.2, 0) is 19.4 Å². The van der Waals surface area contributed by atoms with Gasteiger partial charge in [0.2, 0.25) is 0 Å². The number of aromatic hydroxyl groups is 1. The Kier molecular flexibility index (Phi) is 5.46. The van der Waals surface area contributed by atoms with E-state index in [1.807, 2.05) is 0 Å². The summed E-state index contributed by atoms with van der Waals surface area (Å²) in [4.78, 5) is 23.9. The zero-order valence-corrected chi connectivity index (χ0v) is 15.2. The molecule has 2 aromatic rings. The highest BCUT2D eigenvalue weighted by Gasteiger charge is 2.29. The quantitative estimate of drug-likeness (QED) is 0.751. The predicted molar refractivity (Wildman–Crippen MR) is 99.0 cm³/mol. The van der Waals surface area contributed by atoms with Crippen molar-refractivity contribution < 1.29 is 27.9 Å². The van der Waals surface area contributed by atoms with Gasteiger partial charge in [0.1, 0.15) is 5.75 Å². The number of amides is 1. The van der Waals surface area contributed by atoms with Gasteiger partial charge in [-0.25, -0.2) is 13.2 Å². The van der Waals surface area contributed by atoms with Gasteiger partial charge in [-0.1, -0.05) is 24.3 Å². The number of benzene rings is 2. The van der Waals surface area contributed by atoms with Gasteiger partial charge in [0.25, 0.3) is 5.91 Å². The molecule has 2 N–H and O–H groups in total. The third kappa shape index (κ3) is 5.07. The Labute approximate surface area is 156 Å². The molecule has 1 fully saturated rings. The Bertz CT molecular complexity index is 935. The molecule has 7 nitrogen and oxygen atoms in total. The minimum absolute atomic E-state index is 0.0606. The number of phenolic OH excluding ortho intramolecular Hbond substituents is 1. The molecule has 8 heteroatoms. The van der Waals surface area contributed by atoms with Crippen LogP contribution in [-0.4, -0.2) is 49.6 Å². The van der Waals surface area contributed by atoms with Gasteiger partial charge < -0.3 is 15.2 Å². The van der Waals surface area contributed by atoms with E-state index in [2.05, 4.69) is 5.32 Å². The highest BCUT2D eigenvalue weighted by atomic mass is 32.2. The molecule has 0 unspecified atom stereocenters. The lowest BCUT2D eigenvalue weighted by Crippen LogP contribution is -2.38. The molecular formula is C19H19NO6S. The normalized spacial score (nSPS) is 18.0. The summed E-state index contributed by atoms with van der Waals surface area (Å²) in [5.41, 5.74) is 2.05. The number of ether oxygens (including phenoxy) is 1. The van der Waals surface area contributed by atoms with E-state index in [4.69, 9.17) is 4.74 Å². The Morgan fingerprint density at radius 2 is 1.63 bits per heavy atom. The van der Waals surface area contributed by atoms with Crippen LogP contribution in [0.1, 0.15) is 16.8 Å². The summed E-state index contributed by atoms with van der Waals surface area (Å²) in [6.45, 7) is -0.463. The van der Waals surface area contributed by atoms with Crippen molar-refractivity contribution in [3.8, 4) is 16.9 Å². The van der Waals surface area contributed by atoms with Crippen molar-refractivity contribution in [1.82, 2.24) is 5.32 Å². The first-order chi connectivity index (χ1) is 12.8. The molecule has 0 radical (unpaired) electrons. The summed E-state index contributed by atoms with van der Waals surface area (Å²) in [7, 11) is -3.08. The lowest BCUT2D eigenvalue weighted by atomic mass is 10.0. The number of sulfone groups is 1. The summed E-state index contributed by atoms with van der Waals surface area (Å²) in [5.74, 6) is -1.00. The summed E-state index contributed by atoms with van der Waals surface area (Å²) >= 11 is 0. The lowest BCUT2D eigenvalue weighted by molar-refractivity contribution is -0.124. The van der Waals surface area contributed by atoms with Crippen molar-refractivity contribution in [3.63, 3.8) is 0 Å². The third-order valence-corrected chi connectivity index (χ3v) is 6.02. The number of phenols is 1. The molecule has 1 amide bonds. The molecule has 1 aliphatic rings. The van der Waals surface area contributed by atoms with Gasteiger partial charge in [-0.15, -0.1) is 0 Å².